The van der Waals surface area contributed by atoms with Gasteiger partial charge >= 0.3 is 0 Å². The molecular weight excluding hydrogens is 387 g/mol. The van der Waals surface area contributed by atoms with Crippen LogP contribution in [0.25, 0.3) is 10.8 Å². The molecule has 5 heteroatoms. The Hall–Kier alpha value is -1.37. The van der Waals surface area contributed by atoms with Crippen molar-refractivity contribution in [3.63, 3.8) is 0 Å². The van der Waals surface area contributed by atoms with Crippen LogP contribution < -0.4 is 5.73 Å². The molecule has 0 saturated carbocycles. The number of nitrogens with zero attached hydrogens (tertiary/aromatic N) is 3. The zero-order valence-corrected chi connectivity index (χ0v) is 15.1. The van der Waals surface area contributed by atoms with Crippen molar-refractivity contribution in [2.24, 2.45) is 10.7 Å². The van der Waals surface area contributed by atoms with Crippen LogP contribution in [0.3, 0.4) is 0 Å². The Balaban J connectivity index is 0.00000176. The molecule has 1 aliphatic heterocycles. The van der Waals surface area contributed by atoms with E-state index in [1.807, 2.05) is 24.4 Å². The van der Waals surface area contributed by atoms with Gasteiger partial charge in [-0.05, 0) is 24.3 Å². The number of aliphatic imine (C=N–C) groups is 1. The third-order valence-electron chi connectivity index (χ3n) is 4.08. The summed E-state index contributed by atoms with van der Waals surface area (Å²) in [6.45, 7) is 2.60. The summed E-state index contributed by atoms with van der Waals surface area (Å²) in [4.78, 5) is 11.2. The summed E-state index contributed by atoms with van der Waals surface area (Å²) in [5.41, 5.74) is 7.15. The number of hydrogen-bond acceptors (Lipinski definition) is 2. The van der Waals surface area contributed by atoms with Gasteiger partial charge in [-0.25, -0.2) is 4.99 Å². The Kier molecular flexibility index (Phi) is 6.42. The zero-order chi connectivity index (χ0) is 14.5. The van der Waals surface area contributed by atoms with Crippen LogP contribution in [0.15, 0.2) is 41.5 Å². The molecule has 1 aromatic carbocycles. The molecule has 22 heavy (non-hydrogen) atoms. The Morgan fingerprint density at radius 3 is 2.59 bits per heavy atom. The standard InChI is InChI=1S/C17H22N4.HI/c18-17(21-11-5-1-2-6-12-21)20-13-16-15-8-4-3-7-14(15)9-10-19-16;/h3-4,7-10H,1-2,5-6,11-13H2,(H2,18,20);1H. The maximum Gasteiger partial charge on any atom is 0.191 e. The molecule has 1 aromatic heterocycles. The maximum atomic E-state index is 6.16. The molecule has 0 amide bonds. The fourth-order valence-corrected chi connectivity index (χ4v) is 2.86. The van der Waals surface area contributed by atoms with E-state index in [0.29, 0.717) is 12.5 Å². The average molecular weight is 410 g/mol. The van der Waals surface area contributed by atoms with E-state index in [0.717, 1.165) is 24.2 Å². The largest absolute Gasteiger partial charge is 0.370 e. The van der Waals surface area contributed by atoms with E-state index in [1.165, 1.54) is 31.1 Å². The molecule has 2 aromatic rings. The molecule has 3 rings (SSSR count). The fourth-order valence-electron chi connectivity index (χ4n) is 2.86. The smallest absolute Gasteiger partial charge is 0.191 e. The number of aromatic nitrogens is 1. The van der Waals surface area contributed by atoms with Crippen LogP contribution >= 0.6 is 24.0 Å². The van der Waals surface area contributed by atoms with Crippen LogP contribution in [0.2, 0.25) is 0 Å². The van der Waals surface area contributed by atoms with Crippen LogP contribution in [0.5, 0.6) is 0 Å². The van der Waals surface area contributed by atoms with Gasteiger partial charge in [-0.2, -0.15) is 0 Å². The molecule has 118 valence electrons. The Morgan fingerprint density at radius 2 is 1.82 bits per heavy atom. The summed E-state index contributed by atoms with van der Waals surface area (Å²) >= 11 is 0. The van der Waals surface area contributed by atoms with Crippen LogP contribution in [-0.2, 0) is 6.54 Å². The van der Waals surface area contributed by atoms with Crippen molar-refractivity contribution in [3.05, 3.63) is 42.2 Å². The van der Waals surface area contributed by atoms with E-state index >= 15 is 0 Å². The third-order valence-corrected chi connectivity index (χ3v) is 4.08. The summed E-state index contributed by atoms with van der Waals surface area (Å²) in [5.74, 6) is 0.659. The fraction of sp³-hybridized carbons (Fsp3) is 0.412. The minimum Gasteiger partial charge on any atom is -0.370 e. The molecule has 0 aliphatic carbocycles. The molecular formula is C17H23IN4. The SMILES string of the molecule is I.NC(=NCc1nccc2ccccc12)N1CCCCCC1. The van der Waals surface area contributed by atoms with Crippen molar-refractivity contribution in [3.8, 4) is 0 Å². The molecule has 1 aliphatic rings. The van der Waals surface area contributed by atoms with E-state index in [-0.39, 0.29) is 24.0 Å². The number of pyridine rings is 1. The summed E-state index contributed by atoms with van der Waals surface area (Å²) in [7, 11) is 0. The van der Waals surface area contributed by atoms with Gasteiger partial charge in [0.05, 0.1) is 12.2 Å². The van der Waals surface area contributed by atoms with Crippen LogP contribution in [0.1, 0.15) is 31.4 Å². The van der Waals surface area contributed by atoms with E-state index < -0.39 is 0 Å². The maximum absolute atomic E-state index is 6.16. The van der Waals surface area contributed by atoms with Gasteiger partial charge in [0.25, 0.3) is 0 Å². The highest BCUT2D eigenvalue weighted by molar-refractivity contribution is 14.0. The zero-order valence-electron chi connectivity index (χ0n) is 12.7. The highest BCUT2D eigenvalue weighted by atomic mass is 127. The molecule has 0 bridgehead atoms. The van der Waals surface area contributed by atoms with Crippen molar-refractivity contribution in [1.29, 1.82) is 0 Å². The van der Waals surface area contributed by atoms with Gasteiger partial charge in [-0.15, -0.1) is 24.0 Å². The lowest BCUT2D eigenvalue weighted by Gasteiger charge is -2.21. The first-order valence-electron chi connectivity index (χ1n) is 7.72. The second-order valence-corrected chi connectivity index (χ2v) is 5.55. The molecule has 0 unspecified atom stereocenters. The van der Waals surface area contributed by atoms with Crippen LogP contribution in [0, 0.1) is 0 Å². The van der Waals surface area contributed by atoms with Crippen LogP contribution in [-0.4, -0.2) is 28.9 Å². The monoisotopic (exact) mass is 410 g/mol. The lowest BCUT2D eigenvalue weighted by atomic mass is 10.1. The first-order valence-corrected chi connectivity index (χ1v) is 7.72. The number of fused-ring (bicyclic) bond motifs is 1. The normalized spacial score (nSPS) is 16.2. The third kappa shape index (κ3) is 4.09. The van der Waals surface area contributed by atoms with Gasteiger partial charge in [-0.3, -0.25) is 4.98 Å². The molecule has 4 nitrogen and oxygen atoms in total. The first kappa shape index (κ1) is 17.0. The minimum absolute atomic E-state index is 0. The number of halogens is 1. The summed E-state index contributed by atoms with van der Waals surface area (Å²) in [5, 5.41) is 2.36. The lowest BCUT2D eigenvalue weighted by Crippen LogP contribution is -2.38. The van der Waals surface area contributed by atoms with Crippen molar-refractivity contribution >= 4 is 40.7 Å². The van der Waals surface area contributed by atoms with Gasteiger partial charge in [0.2, 0.25) is 0 Å². The summed E-state index contributed by atoms with van der Waals surface area (Å²) in [6.07, 6.45) is 6.87. The molecule has 0 atom stereocenters. The lowest BCUT2D eigenvalue weighted by molar-refractivity contribution is 0.428. The number of hydrogen-bond donors (Lipinski definition) is 1. The second-order valence-electron chi connectivity index (χ2n) is 5.55. The summed E-state index contributed by atoms with van der Waals surface area (Å²) < 4.78 is 0. The highest BCUT2D eigenvalue weighted by Gasteiger charge is 2.11. The predicted octanol–water partition coefficient (Wildman–Crippen LogP) is 3.54. The van der Waals surface area contributed by atoms with Gasteiger partial charge in [0, 0.05) is 24.7 Å². The molecule has 0 radical (unpaired) electrons. The van der Waals surface area contributed by atoms with Crippen LogP contribution in [0.4, 0.5) is 0 Å². The number of rotatable bonds is 2. The first-order chi connectivity index (χ1) is 10.3. The van der Waals surface area contributed by atoms with Crippen molar-refractivity contribution in [2.75, 3.05) is 13.1 Å². The van der Waals surface area contributed by atoms with Gasteiger partial charge in [0.1, 0.15) is 0 Å². The Labute approximate surface area is 148 Å². The number of nitrogens with two attached hydrogens (primary N) is 1. The van der Waals surface area contributed by atoms with E-state index in [9.17, 15) is 0 Å². The average Bonchev–Trinajstić information content (AvgIpc) is 2.82. The van der Waals surface area contributed by atoms with E-state index in [1.54, 1.807) is 0 Å². The number of guanidine groups is 1. The van der Waals surface area contributed by atoms with Crippen molar-refractivity contribution < 1.29 is 0 Å². The molecule has 1 saturated heterocycles. The molecule has 2 heterocycles. The summed E-state index contributed by atoms with van der Waals surface area (Å²) in [6, 6.07) is 10.3. The number of likely N-dealkylation sites (tertiary alicyclic amines) is 1. The molecule has 1 fully saturated rings. The van der Waals surface area contributed by atoms with Gasteiger partial charge < -0.3 is 10.6 Å². The predicted molar refractivity (Wildman–Crippen MR) is 103 cm³/mol. The molecule has 2 N–H and O–H groups in total. The Bertz CT molecular complexity index is 628. The number of benzene rings is 1. The van der Waals surface area contributed by atoms with Crippen molar-refractivity contribution in [2.45, 2.75) is 32.2 Å². The Morgan fingerprint density at radius 1 is 1.09 bits per heavy atom. The van der Waals surface area contributed by atoms with Crippen molar-refractivity contribution in [1.82, 2.24) is 9.88 Å². The minimum atomic E-state index is 0. The molecule has 0 spiro atoms. The highest BCUT2D eigenvalue weighted by Crippen LogP contribution is 2.17. The van der Waals surface area contributed by atoms with Gasteiger partial charge in [-0.1, -0.05) is 37.1 Å². The topological polar surface area (TPSA) is 54.5 Å². The quantitative estimate of drug-likeness (QED) is 0.468. The van der Waals surface area contributed by atoms with E-state index in [2.05, 4.69) is 27.0 Å². The van der Waals surface area contributed by atoms with Gasteiger partial charge in [0.15, 0.2) is 5.96 Å². The van der Waals surface area contributed by atoms with E-state index in [4.69, 9.17) is 5.73 Å². The second kappa shape index (κ2) is 8.31.